The van der Waals surface area contributed by atoms with Crippen molar-refractivity contribution in [2.75, 3.05) is 11.1 Å². The van der Waals surface area contributed by atoms with E-state index in [1.807, 2.05) is 0 Å². The van der Waals surface area contributed by atoms with Crippen molar-refractivity contribution >= 4 is 39.8 Å². The van der Waals surface area contributed by atoms with Gasteiger partial charge in [-0.3, -0.25) is 14.9 Å². The zero-order valence-electron chi connectivity index (χ0n) is 15.3. The van der Waals surface area contributed by atoms with Crippen LogP contribution in [-0.4, -0.2) is 21.6 Å². The van der Waals surface area contributed by atoms with Gasteiger partial charge in [-0.2, -0.15) is 0 Å². The Morgan fingerprint density at radius 3 is 2.79 bits per heavy atom. The van der Waals surface area contributed by atoms with Gasteiger partial charge in [0, 0.05) is 34.4 Å². The van der Waals surface area contributed by atoms with Gasteiger partial charge >= 0.3 is 0 Å². The molecule has 0 atom stereocenters. The second kappa shape index (κ2) is 9.48. The predicted octanol–water partition coefficient (Wildman–Crippen LogP) is 5.54. The van der Waals surface area contributed by atoms with E-state index in [0.29, 0.717) is 22.8 Å². The number of aromatic nitrogens is 1. The monoisotopic (exact) mass is 413 g/mol. The van der Waals surface area contributed by atoms with Crippen LogP contribution in [-0.2, 0) is 4.79 Å². The first-order valence-corrected chi connectivity index (χ1v) is 10.6. The molecule has 0 aliphatic carbocycles. The van der Waals surface area contributed by atoms with Crippen LogP contribution in [0, 0.1) is 17.0 Å². The number of nitro groups is 1. The van der Waals surface area contributed by atoms with E-state index in [-0.39, 0.29) is 11.6 Å². The fourth-order valence-corrected chi connectivity index (χ4v) is 4.07. The predicted molar refractivity (Wildman–Crippen MR) is 114 cm³/mol. The number of nitro benzene ring substituents is 1. The summed E-state index contributed by atoms with van der Waals surface area (Å²) in [6.45, 7) is 2.06. The van der Waals surface area contributed by atoms with E-state index in [1.54, 1.807) is 29.3 Å². The summed E-state index contributed by atoms with van der Waals surface area (Å²) in [6.07, 6.45) is 1.19. The molecule has 0 saturated carbocycles. The van der Waals surface area contributed by atoms with Crippen LogP contribution in [0.5, 0.6) is 0 Å². The Bertz CT molecular complexity index is 971. The average Bonchev–Trinajstić information content (AvgIpc) is 3.15. The van der Waals surface area contributed by atoms with Gasteiger partial charge in [0.2, 0.25) is 5.91 Å². The Hall–Kier alpha value is -2.71. The quantitative estimate of drug-likeness (QED) is 0.227. The number of thiazole rings is 1. The summed E-state index contributed by atoms with van der Waals surface area (Å²) in [4.78, 5) is 28.1. The molecule has 6 nitrogen and oxygen atoms in total. The van der Waals surface area contributed by atoms with Crippen molar-refractivity contribution in [3.8, 4) is 11.3 Å². The number of thioether (sulfide) groups is 1. The maximum absolute atomic E-state index is 12.1. The number of amides is 1. The highest BCUT2D eigenvalue weighted by atomic mass is 32.2. The molecule has 3 aromatic rings. The minimum Gasteiger partial charge on any atom is -0.302 e. The molecule has 1 aromatic heterocycles. The molecule has 0 unspecified atom stereocenters. The molecule has 0 radical (unpaired) electrons. The number of hydrogen-bond acceptors (Lipinski definition) is 6. The maximum atomic E-state index is 12.1. The Balaban J connectivity index is 1.48. The fraction of sp³-hybridized carbons (Fsp3) is 0.200. The molecule has 0 fully saturated rings. The summed E-state index contributed by atoms with van der Waals surface area (Å²) in [7, 11) is 0. The number of nitrogens with zero attached hydrogens (tertiary/aromatic N) is 2. The molecule has 1 heterocycles. The van der Waals surface area contributed by atoms with Crippen molar-refractivity contribution in [3.63, 3.8) is 0 Å². The number of carbonyl (C=O) groups is 1. The van der Waals surface area contributed by atoms with Crippen molar-refractivity contribution in [2.45, 2.75) is 24.7 Å². The lowest BCUT2D eigenvalue weighted by molar-refractivity contribution is -0.384. The van der Waals surface area contributed by atoms with Crippen LogP contribution >= 0.6 is 23.1 Å². The van der Waals surface area contributed by atoms with E-state index in [9.17, 15) is 14.9 Å². The molecular formula is C20H19N3O3S2. The highest BCUT2D eigenvalue weighted by Gasteiger charge is 2.11. The molecule has 0 spiro atoms. The second-order valence-electron chi connectivity index (χ2n) is 6.16. The Labute approximate surface area is 171 Å². The number of anilines is 1. The topological polar surface area (TPSA) is 85.1 Å². The molecule has 1 N–H and O–H groups in total. The van der Waals surface area contributed by atoms with Crippen LogP contribution in [0.2, 0.25) is 0 Å². The normalized spacial score (nSPS) is 10.6. The number of carbonyl (C=O) groups excluding carboxylic acids is 1. The van der Waals surface area contributed by atoms with E-state index in [0.717, 1.165) is 12.2 Å². The summed E-state index contributed by atoms with van der Waals surface area (Å²) in [5.41, 5.74) is 2.51. The van der Waals surface area contributed by atoms with Gasteiger partial charge in [-0.05, 0) is 31.2 Å². The van der Waals surface area contributed by atoms with Crippen molar-refractivity contribution in [2.24, 2.45) is 0 Å². The molecule has 0 saturated heterocycles. The van der Waals surface area contributed by atoms with E-state index in [2.05, 4.69) is 41.5 Å². The SMILES string of the molecule is Cc1ccc(SCCCC(=O)Nc2nc(-c3cccc([N+](=O)[O-])c3)cs2)cc1. The van der Waals surface area contributed by atoms with Gasteiger partial charge in [-0.1, -0.05) is 29.8 Å². The molecular weight excluding hydrogens is 394 g/mol. The fourth-order valence-electron chi connectivity index (χ4n) is 2.48. The first kappa shape index (κ1) is 20.0. The first-order valence-electron chi connectivity index (χ1n) is 8.71. The van der Waals surface area contributed by atoms with E-state index >= 15 is 0 Å². The van der Waals surface area contributed by atoms with E-state index in [1.165, 1.54) is 33.9 Å². The lowest BCUT2D eigenvalue weighted by Crippen LogP contribution is -2.11. The minimum absolute atomic E-state index is 0.0159. The number of benzene rings is 2. The Morgan fingerprint density at radius 2 is 2.04 bits per heavy atom. The third kappa shape index (κ3) is 5.64. The first-order chi connectivity index (χ1) is 13.5. The average molecular weight is 414 g/mol. The van der Waals surface area contributed by atoms with Crippen molar-refractivity contribution in [1.82, 2.24) is 4.98 Å². The lowest BCUT2D eigenvalue weighted by atomic mass is 10.1. The molecule has 8 heteroatoms. The van der Waals surface area contributed by atoms with Crippen LogP contribution in [0.25, 0.3) is 11.3 Å². The number of nitrogens with one attached hydrogen (secondary N) is 1. The standard InChI is InChI=1S/C20H19N3O3S2/c1-14-7-9-17(10-8-14)27-11-3-6-19(24)22-20-21-18(13-28-20)15-4-2-5-16(12-15)23(25)26/h2,4-5,7-10,12-13H,3,6,11H2,1H3,(H,21,22,24). The van der Waals surface area contributed by atoms with Crippen LogP contribution < -0.4 is 5.32 Å². The molecule has 28 heavy (non-hydrogen) atoms. The zero-order chi connectivity index (χ0) is 19.9. The van der Waals surface area contributed by atoms with Crippen LogP contribution in [0.1, 0.15) is 18.4 Å². The highest BCUT2D eigenvalue weighted by Crippen LogP contribution is 2.27. The second-order valence-corrected chi connectivity index (χ2v) is 8.19. The highest BCUT2D eigenvalue weighted by molar-refractivity contribution is 7.99. The third-order valence-corrected chi connectivity index (χ3v) is 5.80. The summed E-state index contributed by atoms with van der Waals surface area (Å²) in [5, 5.41) is 16.0. The minimum atomic E-state index is -0.437. The van der Waals surface area contributed by atoms with Gasteiger partial charge in [-0.25, -0.2) is 4.98 Å². The van der Waals surface area contributed by atoms with Crippen LogP contribution in [0.3, 0.4) is 0 Å². The summed E-state index contributed by atoms with van der Waals surface area (Å²) in [5.74, 6) is 0.789. The Kier molecular flexibility index (Phi) is 6.78. The number of rotatable bonds is 8. The number of non-ortho nitro benzene ring substituents is 1. The van der Waals surface area contributed by atoms with Crippen molar-refractivity contribution < 1.29 is 9.72 Å². The van der Waals surface area contributed by atoms with Gasteiger partial charge in [0.05, 0.1) is 10.6 Å². The molecule has 0 aliphatic rings. The Morgan fingerprint density at radius 1 is 1.25 bits per heavy atom. The van der Waals surface area contributed by atoms with Crippen LogP contribution in [0.4, 0.5) is 10.8 Å². The zero-order valence-corrected chi connectivity index (χ0v) is 16.9. The van der Waals surface area contributed by atoms with Crippen LogP contribution in [0.15, 0.2) is 58.8 Å². The molecule has 0 aliphatic heterocycles. The lowest BCUT2D eigenvalue weighted by Gasteiger charge is -2.03. The number of aryl methyl sites for hydroxylation is 1. The van der Waals surface area contributed by atoms with E-state index < -0.39 is 4.92 Å². The van der Waals surface area contributed by atoms with Crippen molar-refractivity contribution in [1.29, 1.82) is 0 Å². The summed E-state index contributed by atoms with van der Waals surface area (Å²) < 4.78 is 0. The van der Waals surface area contributed by atoms with Gasteiger partial charge in [-0.15, -0.1) is 23.1 Å². The molecule has 3 rings (SSSR count). The van der Waals surface area contributed by atoms with Gasteiger partial charge in [0.25, 0.3) is 5.69 Å². The third-order valence-electron chi connectivity index (χ3n) is 3.94. The largest absolute Gasteiger partial charge is 0.302 e. The maximum Gasteiger partial charge on any atom is 0.270 e. The van der Waals surface area contributed by atoms with Gasteiger partial charge in [0.1, 0.15) is 0 Å². The summed E-state index contributed by atoms with van der Waals surface area (Å²) >= 11 is 3.04. The summed E-state index contributed by atoms with van der Waals surface area (Å²) in [6, 6.07) is 14.6. The smallest absolute Gasteiger partial charge is 0.270 e. The molecule has 1 amide bonds. The van der Waals surface area contributed by atoms with Gasteiger partial charge in [0.15, 0.2) is 5.13 Å². The van der Waals surface area contributed by atoms with E-state index in [4.69, 9.17) is 0 Å². The molecule has 2 aromatic carbocycles. The molecule has 144 valence electrons. The number of hydrogen-bond donors (Lipinski definition) is 1. The van der Waals surface area contributed by atoms with Gasteiger partial charge < -0.3 is 5.32 Å². The molecule has 0 bridgehead atoms. The van der Waals surface area contributed by atoms with Crippen molar-refractivity contribution in [3.05, 3.63) is 69.6 Å².